The van der Waals surface area contributed by atoms with Gasteiger partial charge in [0.05, 0.1) is 11.9 Å². The molecule has 2 aromatic rings. The first kappa shape index (κ1) is 8.81. The van der Waals surface area contributed by atoms with E-state index in [0.29, 0.717) is 0 Å². The lowest BCUT2D eigenvalue weighted by Gasteiger charge is -2.03. The third-order valence-corrected chi connectivity index (χ3v) is 2.07. The van der Waals surface area contributed by atoms with Crippen molar-refractivity contribution in [1.82, 2.24) is 9.97 Å². The van der Waals surface area contributed by atoms with Gasteiger partial charge in [-0.15, -0.1) is 0 Å². The van der Waals surface area contributed by atoms with Gasteiger partial charge in [-0.25, -0.2) is 0 Å². The minimum Gasteiger partial charge on any atom is -0.380 e. The van der Waals surface area contributed by atoms with Crippen LogP contribution in [0.2, 0.25) is 0 Å². The molecule has 14 heavy (non-hydrogen) atoms. The van der Waals surface area contributed by atoms with Crippen molar-refractivity contribution in [3.8, 4) is 0 Å². The average molecular weight is 187 g/mol. The van der Waals surface area contributed by atoms with Crippen molar-refractivity contribution in [2.75, 3.05) is 5.32 Å². The zero-order chi connectivity index (χ0) is 9.80. The highest BCUT2D eigenvalue weighted by atomic mass is 14.9. The van der Waals surface area contributed by atoms with Gasteiger partial charge in [0.25, 0.3) is 0 Å². The maximum atomic E-state index is 4.21. The number of aromatic amines is 1. The van der Waals surface area contributed by atoms with E-state index in [1.807, 2.05) is 37.6 Å². The molecule has 2 N–H and O–H groups in total. The van der Waals surface area contributed by atoms with Crippen LogP contribution in [0.25, 0.3) is 0 Å². The number of aromatic nitrogens is 2. The standard InChI is InChI=1S/C11H13N3/c1-9-2-3-11(8-13-9)14-7-10-4-5-12-6-10/h2-6,8,12,14H,7H2,1H3. The van der Waals surface area contributed by atoms with E-state index >= 15 is 0 Å². The molecule has 2 heterocycles. The number of hydrogen-bond acceptors (Lipinski definition) is 2. The Labute approximate surface area is 83.2 Å². The summed E-state index contributed by atoms with van der Waals surface area (Å²) in [6.45, 7) is 2.81. The fourth-order valence-electron chi connectivity index (χ4n) is 1.24. The molecule has 0 fully saturated rings. The van der Waals surface area contributed by atoms with Crippen LogP contribution >= 0.6 is 0 Å². The van der Waals surface area contributed by atoms with Crippen molar-refractivity contribution < 1.29 is 0 Å². The zero-order valence-corrected chi connectivity index (χ0v) is 8.12. The second kappa shape index (κ2) is 3.96. The van der Waals surface area contributed by atoms with E-state index in [2.05, 4.69) is 21.4 Å². The van der Waals surface area contributed by atoms with Crippen LogP contribution in [-0.2, 0) is 6.54 Å². The fraction of sp³-hybridized carbons (Fsp3) is 0.182. The summed E-state index contributed by atoms with van der Waals surface area (Å²) in [6.07, 6.45) is 5.75. The second-order valence-corrected chi connectivity index (χ2v) is 3.26. The molecule has 3 nitrogen and oxygen atoms in total. The molecule has 0 amide bonds. The van der Waals surface area contributed by atoms with Crippen molar-refractivity contribution in [3.05, 3.63) is 48.0 Å². The van der Waals surface area contributed by atoms with Gasteiger partial charge in [0.1, 0.15) is 0 Å². The molecule has 0 aliphatic carbocycles. The number of H-pyrrole nitrogens is 1. The van der Waals surface area contributed by atoms with Crippen LogP contribution in [0, 0.1) is 6.92 Å². The predicted octanol–water partition coefficient (Wildman–Crippen LogP) is 2.33. The molecule has 0 atom stereocenters. The number of rotatable bonds is 3. The van der Waals surface area contributed by atoms with Gasteiger partial charge < -0.3 is 10.3 Å². The Kier molecular flexibility index (Phi) is 2.49. The SMILES string of the molecule is Cc1ccc(NCc2cc[nH]c2)cn1. The summed E-state index contributed by atoms with van der Waals surface area (Å²) in [5, 5.41) is 3.29. The number of hydrogen-bond donors (Lipinski definition) is 2. The summed E-state index contributed by atoms with van der Waals surface area (Å²) in [7, 11) is 0. The van der Waals surface area contributed by atoms with Gasteiger partial charge in [-0.1, -0.05) is 0 Å². The molecule has 0 aliphatic heterocycles. The lowest BCUT2D eigenvalue weighted by molar-refractivity contribution is 1.12. The molecular weight excluding hydrogens is 174 g/mol. The Morgan fingerprint density at radius 1 is 1.36 bits per heavy atom. The molecule has 0 spiro atoms. The number of nitrogens with zero attached hydrogens (tertiary/aromatic N) is 1. The van der Waals surface area contributed by atoms with E-state index in [1.54, 1.807) is 0 Å². The summed E-state index contributed by atoms with van der Waals surface area (Å²) < 4.78 is 0. The molecule has 0 saturated heterocycles. The highest BCUT2D eigenvalue weighted by molar-refractivity contribution is 5.41. The van der Waals surface area contributed by atoms with Gasteiger partial charge in [0.15, 0.2) is 0 Å². The summed E-state index contributed by atoms with van der Waals surface area (Å²) >= 11 is 0. The third kappa shape index (κ3) is 2.13. The molecule has 2 rings (SSSR count). The van der Waals surface area contributed by atoms with E-state index in [1.165, 1.54) is 5.56 Å². The fourth-order valence-corrected chi connectivity index (χ4v) is 1.24. The quantitative estimate of drug-likeness (QED) is 0.774. The number of aryl methyl sites for hydroxylation is 1. The first-order valence-corrected chi connectivity index (χ1v) is 4.63. The molecule has 0 bridgehead atoms. The van der Waals surface area contributed by atoms with Gasteiger partial charge in [0.2, 0.25) is 0 Å². The Bertz CT molecular complexity index is 375. The lowest BCUT2D eigenvalue weighted by atomic mass is 10.3. The largest absolute Gasteiger partial charge is 0.380 e. The van der Waals surface area contributed by atoms with Crippen LogP contribution in [0.5, 0.6) is 0 Å². The highest BCUT2D eigenvalue weighted by Crippen LogP contribution is 2.07. The van der Waals surface area contributed by atoms with Crippen LogP contribution in [0.4, 0.5) is 5.69 Å². The molecule has 0 saturated carbocycles. The molecule has 0 aromatic carbocycles. The van der Waals surface area contributed by atoms with E-state index < -0.39 is 0 Å². The molecular formula is C11H13N3. The Balaban J connectivity index is 1.95. The van der Waals surface area contributed by atoms with E-state index in [0.717, 1.165) is 17.9 Å². The number of pyridine rings is 1. The normalized spacial score (nSPS) is 10.1. The Hall–Kier alpha value is -1.77. The zero-order valence-electron chi connectivity index (χ0n) is 8.12. The molecule has 0 radical (unpaired) electrons. The topological polar surface area (TPSA) is 40.7 Å². The van der Waals surface area contributed by atoms with Crippen molar-refractivity contribution in [2.45, 2.75) is 13.5 Å². The van der Waals surface area contributed by atoms with E-state index in [9.17, 15) is 0 Å². The highest BCUT2D eigenvalue weighted by Gasteiger charge is 1.93. The van der Waals surface area contributed by atoms with Crippen LogP contribution in [0.1, 0.15) is 11.3 Å². The third-order valence-electron chi connectivity index (χ3n) is 2.07. The van der Waals surface area contributed by atoms with E-state index in [4.69, 9.17) is 0 Å². The van der Waals surface area contributed by atoms with Crippen LogP contribution < -0.4 is 5.32 Å². The average Bonchev–Trinajstić information content (AvgIpc) is 2.70. The minimum atomic E-state index is 0.828. The predicted molar refractivity (Wildman–Crippen MR) is 57.1 cm³/mol. The smallest absolute Gasteiger partial charge is 0.0529 e. The van der Waals surface area contributed by atoms with Gasteiger partial charge in [-0.05, 0) is 30.7 Å². The number of nitrogens with one attached hydrogen (secondary N) is 2. The van der Waals surface area contributed by atoms with Crippen LogP contribution in [0.3, 0.4) is 0 Å². The van der Waals surface area contributed by atoms with Crippen LogP contribution in [0.15, 0.2) is 36.8 Å². The second-order valence-electron chi connectivity index (χ2n) is 3.26. The van der Waals surface area contributed by atoms with E-state index in [-0.39, 0.29) is 0 Å². The molecule has 72 valence electrons. The maximum absolute atomic E-state index is 4.21. The summed E-state index contributed by atoms with van der Waals surface area (Å²) in [5.74, 6) is 0. The van der Waals surface area contributed by atoms with Gasteiger partial charge in [-0.2, -0.15) is 0 Å². The van der Waals surface area contributed by atoms with Crippen molar-refractivity contribution in [1.29, 1.82) is 0 Å². The molecule has 0 unspecified atom stereocenters. The Morgan fingerprint density at radius 2 is 2.29 bits per heavy atom. The Morgan fingerprint density at radius 3 is 2.93 bits per heavy atom. The minimum absolute atomic E-state index is 0.828. The molecule has 2 aromatic heterocycles. The maximum Gasteiger partial charge on any atom is 0.0529 e. The van der Waals surface area contributed by atoms with Gasteiger partial charge in [-0.3, -0.25) is 4.98 Å². The van der Waals surface area contributed by atoms with Crippen molar-refractivity contribution >= 4 is 5.69 Å². The molecule has 0 aliphatic rings. The lowest BCUT2D eigenvalue weighted by Crippen LogP contribution is -1.98. The first-order valence-electron chi connectivity index (χ1n) is 4.63. The van der Waals surface area contributed by atoms with Gasteiger partial charge >= 0.3 is 0 Å². The summed E-state index contributed by atoms with van der Waals surface area (Å²) in [6, 6.07) is 6.09. The first-order chi connectivity index (χ1) is 6.84. The van der Waals surface area contributed by atoms with Crippen molar-refractivity contribution in [2.24, 2.45) is 0 Å². The molecule has 3 heteroatoms. The summed E-state index contributed by atoms with van der Waals surface area (Å²) in [4.78, 5) is 7.23. The van der Waals surface area contributed by atoms with Crippen molar-refractivity contribution in [3.63, 3.8) is 0 Å². The van der Waals surface area contributed by atoms with Crippen LogP contribution in [-0.4, -0.2) is 9.97 Å². The summed E-state index contributed by atoms with van der Waals surface area (Å²) in [5.41, 5.74) is 3.33. The monoisotopic (exact) mass is 187 g/mol. The number of anilines is 1. The van der Waals surface area contributed by atoms with Gasteiger partial charge in [0, 0.05) is 24.6 Å².